The highest BCUT2D eigenvalue weighted by atomic mass is 35.5. The summed E-state index contributed by atoms with van der Waals surface area (Å²) in [4.78, 5) is 43.0. The van der Waals surface area contributed by atoms with Crippen molar-refractivity contribution in [1.82, 2.24) is 20.0 Å². The maximum Gasteiger partial charge on any atom is 0.294 e. The number of carbonyl (C=O) groups excluding carboxylic acids is 3. The molecule has 4 rings (SSSR count). The number of nitrogens with one attached hydrogen (secondary N) is 2. The van der Waals surface area contributed by atoms with Crippen LogP contribution in [-0.2, 0) is 17.8 Å². The highest BCUT2D eigenvalue weighted by Gasteiger charge is 2.34. The Morgan fingerprint density at radius 1 is 1.24 bits per heavy atom. The minimum atomic E-state index is -0.923. The molecule has 3 aromatic rings. The van der Waals surface area contributed by atoms with E-state index < -0.39 is 29.5 Å². The first kappa shape index (κ1) is 23.9. The van der Waals surface area contributed by atoms with Crippen molar-refractivity contribution in [2.24, 2.45) is 0 Å². The van der Waals surface area contributed by atoms with E-state index in [0.29, 0.717) is 24.5 Å². The lowest BCUT2D eigenvalue weighted by molar-refractivity contribution is -0.117. The average molecular weight is 508 g/mol. The number of hydrogen-bond donors (Lipinski definition) is 2. The SMILES string of the molecule is Cc1noc([C@@H](C)NC(=O)C(=O)c2c(Cl)c(C(=O)Nc3ccc(F)c(Cl)c3)c3n2CCCC3)n1. The molecular formula is C22H20Cl2FN5O4. The summed E-state index contributed by atoms with van der Waals surface area (Å²) in [6.45, 7) is 3.66. The number of rotatable bonds is 6. The molecular weight excluding hydrogens is 488 g/mol. The number of aryl methyl sites for hydroxylation is 1. The van der Waals surface area contributed by atoms with E-state index in [4.69, 9.17) is 27.7 Å². The lowest BCUT2D eigenvalue weighted by Gasteiger charge is -2.18. The zero-order valence-electron chi connectivity index (χ0n) is 18.2. The van der Waals surface area contributed by atoms with Gasteiger partial charge in [0.15, 0.2) is 5.82 Å². The molecule has 0 bridgehead atoms. The Bertz CT molecular complexity index is 1300. The molecule has 0 radical (unpaired) electrons. The molecule has 12 heteroatoms. The number of ketones is 1. The summed E-state index contributed by atoms with van der Waals surface area (Å²) in [5, 5.41) is 8.54. The Morgan fingerprint density at radius 3 is 2.68 bits per heavy atom. The molecule has 1 atom stereocenters. The maximum atomic E-state index is 13.5. The van der Waals surface area contributed by atoms with Gasteiger partial charge < -0.3 is 19.7 Å². The topological polar surface area (TPSA) is 119 Å². The van der Waals surface area contributed by atoms with Crippen molar-refractivity contribution in [3.8, 4) is 0 Å². The van der Waals surface area contributed by atoms with E-state index in [-0.39, 0.29) is 32.9 Å². The molecule has 0 unspecified atom stereocenters. The van der Waals surface area contributed by atoms with Crippen LogP contribution in [0.4, 0.5) is 10.1 Å². The Labute approximate surface area is 203 Å². The third-order valence-corrected chi connectivity index (χ3v) is 6.10. The quantitative estimate of drug-likeness (QED) is 0.379. The number of amides is 2. The molecule has 2 aromatic heterocycles. The van der Waals surface area contributed by atoms with Crippen LogP contribution in [-0.4, -0.2) is 32.3 Å². The summed E-state index contributed by atoms with van der Waals surface area (Å²) in [5.74, 6) is -2.48. The van der Waals surface area contributed by atoms with Gasteiger partial charge in [0.1, 0.15) is 17.6 Å². The van der Waals surface area contributed by atoms with Gasteiger partial charge in [-0.3, -0.25) is 14.4 Å². The van der Waals surface area contributed by atoms with E-state index in [9.17, 15) is 18.8 Å². The highest BCUT2D eigenvalue weighted by molar-refractivity contribution is 6.48. The van der Waals surface area contributed by atoms with Crippen LogP contribution >= 0.6 is 23.2 Å². The summed E-state index contributed by atoms with van der Waals surface area (Å²) in [7, 11) is 0. The lowest BCUT2D eigenvalue weighted by atomic mass is 10.1. The van der Waals surface area contributed by atoms with Crippen LogP contribution in [0.5, 0.6) is 0 Å². The number of anilines is 1. The van der Waals surface area contributed by atoms with Gasteiger partial charge in [-0.05, 0) is 51.3 Å². The van der Waals surface area contributed by atoms with E-state index in [1.54, 1.807) is 18.4 Å². The van der Waals surface area contributed by atoms with Crippen molar-refractivity contribution in [2.45, 2.75) is 45.7 Å². The zero-order valence-corrected chi connectivity index (χ0v) is 19.8. The fourth-order valence-corrected chi connectivity index (χ4v) is 4.41. The van der Waals surface area contributed by atoms with Gasteiger partial charge >= 0.3 is 0 Å². The highest BCUT2D eigenvalue weighted by Crippen LogP contribution is 2.34. The van der Waals surface area contributed by atoms with Gasteiger partial charge in [-0.25, -0.2) is 4.39 Å². The number of halogens is 3. The van der Waals surface area contributed by atoms with E-state index in [2.05, 4.69) is 20.8 Å². The monoisotopic (exact) mass is 507 g/mol. The third kappa shape index (κ3) is 4.55. The molecule has 34 heavy (non-hydrogen) atoms. The van der Waals surface area contributed by atoms with Gasteiger partial charge in [0, 0.05) is 17.9 Å². The second kappa shape index (κ2) is 9.55. The zero-order chi connectivity index (χ0) is 24.6. The van der Waals surface area contributed by atoms with Gasteiger partial charge in [-0.15, -0.1) is 0 Å². The molecule has 0 saturated heterocycles. The first-order valence-electron chi connectivity index (χ1n) is 10.5. The standard InChI is InChI=1S/C22H20Cl2FN5O4/c1-10(22-27-11(2)29-34-22)26-21(33)19(31)18-17(24)16(15-5-3-4-8-30(15)18)20(32)28-12-6-7-14(25)13(23)9-12/h6-7,9-10H,3-5,8H2,1-2H3,(H,26,33)(H,28,32)/t10-/m1/s1. The molecule has 3 heterocycles. The predicted octanol–water partition coefficient (Wildman–Crippen LogP) is 4.27. The fraction of sp³-hybridized carbons (Fsp3) is 0.318. The molecule has 178 valence electrons. The van der Waals surface area contributed by atoms with Crippen LogP contribution in [0.1, 0.15) is 64.1 Å². The largest absolute Gasteiger partial charge is 0.340 e. The normalized spacial score (nSPS) is 13.8. The molecule has 0 spiro atoms. The second-order valence-corrected chi connectivity index (χ2v) is 8.67. The maximum absolute atomic E-state index is 13.5. The van der Waals surface area contributed by atoms with Crippen LogP contribution in [0.25, 0.3) is 0 Å². The number of nitrogens with zero attached hydrogens (tertiary/aromatic N) is 3. The number of fused-ring (bicyclic) bond motifs is 1. The first-order valence-corrected chi connectivity index (χ1v) is 11.3. The van der Waals surface area contributed by atoms with Crippen molar-refractivity contribution in [1.29, 1.82) is 0 Å². The summed E-state index contributed by atoms with van der Waals surface area (Å²) < 4.78 is 20.1. The second-order valence-electron chi connectivity index (χ2n) is 7.88. The van der Waals surface area contributed by atoms with E-state index in [0.717, 1.165) is 18.9 Å². The molecule has 1 aliphatic heterocycles. The molecule has 2 N–H and O–H groups in total. The molecule has 1 aliphatic rings. The van der Waals surface area contributed by atoms with E-state index in [1.165, 1.54) is 12.1 Å². The minimum Gasteiger partial charge on any atom is -0.340 e. The smallest absolute Gasteiger partial charge is 0.294 e. The number of benzene rings is 1. The summed E-state index contributed by atoms with van der Waals surface area (Å²) >= 11 is 12.3. The fourth-order valence-electron chi connectivity index (χ4n) is 3.84. The Balaban J connectivity index is 1.63. The van der Waals surface area contributed by atoms with Crippen molar-refractivity contribution in [3.05, 3.63) is 62.7 Å². The van der Waals surface area contributed by atoms with Crippen molar-refractivity contribution < 1.29 is 23.3 Å². The molecule has 2 amide bonds. The molecule has 9 nitrogen and oxygen atoms in total. The van der Waals surface area contributed by atoms with Crippen LogP contribution in [0.3, 0.4) is 0 Å². The van der Waals surface area contributed by atoms with E-state index in [1.807, 2.05) is 0 Å². The molecule has 1 aromatic carbocycles. The summed E-state index contributed by atoms with van der Waals surface area (Å²) in [5.41, 5.74) is 0.847. The van der Waals surface area contributed by atoms with Crippen molar-refractivity contribution in [2.75, 3.05) is 5.32 Å². The number of aromatic nitrogens is 3. The Kier molecular flexibility index (Phi) is 6.72. The minimum absolute atomic E-state index is 0.0648. The van der Waals surface area contributed by atoms with Gasteiger partial charge in [0.2, 0.25) is 5.89 Å². The van der Waals surface area contributed by atoms with Crippen LogP contribution in [0.15, 0.2) is 22.7 Å². The summed E-state index contributed by atoms with van der Waals surface area (Å²) in [6.07, 6.45) is 2.04. The predicted molar refractivity (Wildman–Crippen MR) is 122 cm³/mol. The van der Waals surface area contributed by atoms with Crippen LogP contribution < -0.4 is 10.6 Å². The number of hydrogen-bond acceptors (Lipinski definition) is 6. The number of Topliss-reactive ketones (excluding diaryl/α,β-unsaturated/α-hetero) is 1. The van der Waals surface area contributed by atoms with Gasteiger partial charge in [-0.2, -0.15) is 4.98 Å². The van der Waals surface area contributed by atoms with Crippen molar-refractivity contribution in [3.63, 3.8) is 0 Å². The number of carbonyl (C=O) groups is 3. The molecule has 0 fully saturated rings. The van der Waals surface area contributed by atoms with Gasteiger partial charge in [-0.1, -0.05) is 28.4 Å². The van der Waals surface area contributed by atoms with Gasteiger partial charge in [0.05, 0.1) is 15.6 Å². The van der Waals surface area contributed by atoms with Gasteiger partial charge in [0.25, 0.3) is 17.6 Å². The Hall–Kier alpha value is -3.24. The molecule has 0 saturated carbocycles. The average Bonchev–Trinajstić information content (AvgIpc) is 3.36. The summed E-state index contributed by atoms with van der Waals surface area (Å²) in [6, 6.07) is 3.04. The lowest BCUT2D eigenvalue weighted by Crippen LogP contribution is -2.35. The van der Waals surface area contributed by atoms with Crippen molar-refractivity contribution >= 4 is 46.5 Å². The van der Waals surface area contributed by atoms with Crippen LogP contribution in [0, 0.1) is 12.7 Å². The molecule has 0 aliphatic carbocycles. The van der Waals surface area contributed by atoms with E-state index >= 15 is 0 Å². The van der Waals surface area contributed by atoms with Crippen LogP contribution in [0.2, 0.25) is 10.0 Å². The Morgan fingerprint density at radius 2 is 2.00 bits per heavy atom. The third-order valence-electron chi connectivity index (χ3n) is 5.44. The first-order chi connectivity index (χ1) is 16.2.